The maximum atomic E-state index is 13.0. The van der Waals surface area contributed by atoms with Crippen LogP contribution in [-0.2, 0) is 27.4 Å². The lowest BCUT2D eigenvalue weighted by molar-refractivity contribution is -0.0359. The zero-order valence-corrected chi connectivity index (χ0v) is 27.9. The molecule has 5 rings (SSSR count). The molecule has 7 nitrogen and oxygen atoms in total. The Morgan fingerprint density at radius 2 is 1.74 bits per heavy atom. The summed E-state index contributed by atoms with van der Waals surface area (Å²) >= 11 is 1.68. The van der Waals surface area contributed by atoms with Crippen molar-refractivity contribution in [2.45, 2.75) is 64.4 Å². The van der Waals surface area contributed by atoms with Gasteiger partial charge in [0.1, 0.15) is 23.7 Å². The summed E-state index contributed by atoms with van der Waals surface area (Å²) in [4.78, 5) is 14.8. The van der Waals surface area contributed by atoms with E-state index >= 15 is 0 Å². The summed E-state index contributed by atoms with van der Waals surface area (Å²) in [6.45, 7) is 13.2. The van der Waals surface area contributed by atoms with Crippen LogP contribution >= 0.6 is 11.3 Å². The first-order valence-corrected chi connectivity index (χ1v) is 16.9. The monoisotopic (exact) mass is 643 g/mol. The molecule has 1 aliphatic rings. The lowest BCUT2D eigenvalue weighted by Crippen LogP contribution is -2.48. The molecule has 1 fully saturated rings. The minimum absolute atomic E-state index is 0.123. The van der Waals surface area contributed by atoms with E-state index in [9.17, 15) is 4.79 Å². The molecule has 8 heteroatoms. The Balaban J connectivity index is 1.21. The fourth-order valence-electron chi connectivity index (χ4n) is 5.50. The highest BCUT2D eigenvalue weighted by atomic mass is 32.1. The van der Waals surface area contributed by atoms with Gasteiger partial charge < -0.3 is 28.6 Å². The summed E-state index contributed by atoms with van der Waals surface area (Å²) < 4.78 is 29.8. The van der Waals surface area contributed by atoms with Crippen LogP contribution in [0.3, 0.4) is 0 Å². The number of amides is 1. The number of benzene rings is 3. The second-order valence-electron chi connectivity index (χ2n) is 12.6. The van der Waals surface area contributed by atoms with Crippen LogP contribution in [0.4, 0.5) is 4.79 Å². The first-order valence-electron chi connectivity index (χ1n) is 15.9. The molecule has 4 aromatic rings. The third-order valence-corrected chi connectivity index (χ3v) is 8.51. The van der Waals surface area contributed by atoms with Gasteiger partial charge in [-0.15, -0.1) is 0 Å². The minimum Gasteiger partial charge on any atom is -0.494 e. The van der Waals surface area contributed by atoms with E-state index in [2.05, 4.69) is 59.8 Å². The molecule has 1 aromatic heterocycles. The molecule has 0 bridgehead atoms. The Hall–Kier alpha value is -3.85. The van der Waals surface area contributed by atoms with Gasteiger partial charge in [0.25, 0.3) is 0 Å². The second-order valence-corrected chi connectivity index (χ2v) is 13.3. The first kappa shape index (κ1) is 33.5. The van der Waals surface area contributed by atoms with Crippen LogP contribution in [0.1, 0.15) is 56.2 Å². The number of hydrogen-bond donors (Lipinski definition) is 0. The van der Waals surface area contributed by atoms with E-state index < -0.39 is 5.60 Å². The topological polar surface area (TPSA) is 66.5 Å². The van der Waals surface area contributed by atoms with Crippen molar-refractivity contribution in [3.63, 3.8) is 0 Å². The molecule has 0 radical (unpaired) electrons. The highest BCUT2D eigenvalue weighted by molar-refractivity contribution is 7.07. The van der Waals surface area contributed by atoms with E-state index in [4.69, 9.17) is 23.7 Å². The summed E-state index contributed by atoms with van der Waals surface area (Å²) in [7, 11) is 0. The van der Waals surface area contributed by atoms with Crippen molar-refractivity contribution in [2.75, 3.05) is 32.9 Å². The van der Waals surface area contributed by atoms with Gasteiger partial charge in [0.2, 0.25) is 0 Å². The van der Waals surface area contributed by atoms with Crippen molar-refractivity contribution < 1.29 is 28.5 Å². The summed E-state index contributed by atoms with van der Waals surface area (Å²) in [5.41, 5.74) is 2.88. The van der Waals surface area contributed by atoms with Crippen molar-refractivity contribution in [3.8, 4) is 11.5 Å². The van der Waals surface area contributed by atoms with Crippen molar-refractivity contribution in [3.05, 3.63) is 107 Å². The molecular formula is C38H45NO6S. The van der Waals surface area contributed by atoms with Crippen LogP contribution in [0.2, 0.25) is 0 Å². The second kappa shape index (κ2) is 16.1. The average molecular weight is 644 g/mol. The molecule has 2 atom stereocenters. The average Bonchev–Trinajstić information content (AvgIpc) is 3.57. The fraction of sp³-hybridized carbons (Fsp3) is 0.395. The summed E-state index contributed by atoms with van der Waals surface area (Å²) in [5.74, 6) is 1.76. The van der Waals surface area contributed by atoms with Crippen LogP contribution in [0, 0.1) is 0 Å². The highest BCUT2D eigenvalue weighted by Gasteiger charge is 2.35. The Morgan fingerprint density at radius 1 is 0.935 bits per heavy atom. The fourth-order valence-corrected chi connectivity index (χ4v) is 6.15. The predicted octanol–water partition coefficient (Wildman–Crippen LogP) is 8.76. The molecule has 3 aromatic carbocycles. The summed E-state index contributed by atoms with van der Waals surface area (Å²) in [6, 6.07) is 22.8. The molecular weight excluding hydrogens is 598 g/mol. The predicted molar refractivity (Wildman–Crippen MR) is 184 cm³/mol. The molecule has 1 amide bonds. The minimum atomic E-state index is -0.560. The lowest BCUT2D eigenvalue weighted by Gasteiger charge is -2.39. The molecule has 2 heterocycles. The van der Waals surface area contributed by atoms with Gasteiger partial charge in [-0.1, -0.05) is 43.0 Å². The molecule has 46 heavy (non-hydrogen) atoms. The number of nitrogens with zero attached hydrogens (tertiary/aromatic N) is 1. The highest BCUT2D eigenvalue weighted by Crippen LogP contribution is 2.33. The van der Waals surface area contributed by atoms with E-state index in [1.807, 2.05) is 45.0 Å². The number of likely N-dealkylation sites (tertiary alicyclic amines) is 1. The maximum absolute atomic E-state index is 13.0. The van der Waals surface area contributed by atoms with Crippen LogP contribution in [0.15, 0.2) is 90.1 Å². The van der Waals surface area contributed by atoms with Gasteiger partial charge >= 0.3 is 6.09 Å². The van der Waals surface area contributed by atoms with Gasteiger partial charge in [-0.2, -0.15) is 11.3 Å². The van der Waals surface area contributed by atoms with Crippen LogP contribution in [0.5, 0.6) is 11.5 Å². The summed E-state index contributed by atoms with van der Waals surface area (Å²) in [6.07, 6.45) is 2.82. The van der Waals surface area contributed by atoms with E-state index in [1.54, 1.807) is 22.3 Å². The Bertz CT molecular complexity index is 1550. The third kappa shape index (κ3) is 9.82. The van der Waals surface area contributed by atoms with E-state index in [-0.39, 0.29) is 18.1 Å². The summed E-state index contributed by atoms with van der Waals surface area (Å²) in [5, 5.41) is 6.39. The molecule has 244 valence electrons. The largest absolute Gasteiger partial charge is 0.494 e. The van der Waals surface area contributed by atoms with E-state index in [0.717, 1.165) is 40.7 Å². The lowest BCUT2D eigenvalue weighted by atomic mass is 9.87. The molecule has 2 unspecified atom stereocenters. The molecule has 1 aliphatic heterocycles. The van der Waals surface area contributed by atoms with Crippen molar-refractivity contribution in [2.24, 2.45) is 0 Å². The first-order chi connectivity index (χ1) is 22.3. The maximum Gasteiger partial charge on any atom is 0.410 e. The Labute approximate surface area is 276 Å². The standard InChI is InChI=1S/C38H45NO6S/c1-5-18-42-34-14-9-30-8-7-28(22-32(30)23-34)26-44-36-24-39(37(40)45-38(2,3)4)17-15-35(36)31-10-12-33(13-11-31)43-20-6-19-41-25-29-16-21-46-27-29/h5,7-14,16,21-23,27,35-36H,1,6,15,17-20,24-26H2,2-4H3. The van der Waals surface area contributed by atoms with Crippen molar-refractivity contribution >= 4 is 28.2 Å². The number of rotatable bonds is 14. The third-order valence-electron chi connectivity index (χ3n) is 7.78. The van der Waals surface area contributed by atoms with Gasteiger partial charge in [0.15, 0.2) is 0 Å². The van der Waals surface area contributed by atoms with Gasteiger partial charge in [-0.3, -0.25) is 0 Å². The van der Waals surface area contributed by atoms with Gasteiger partial charge in [-0.25, -0.2) is 4.79 Å². The number of piperidine rings is 1. The van der Waals surface area contributed by atoms with Crippen LogP contribution in [-0.4, -0.2) is 55.6 Å². The molecule has 0 N–H and O–H groups in total. The molecule has 0 aliphatic carbocycles. The van der Waals surface area contributed by atoms with Gasteiger partial charge in [-0.05, 0) is 102 Å². The van der Waals surface area contributed by atoms with E-state index in [1.165, 1.54) is 11.1 Å². The number of carbonyl (C=O) groups is 1. The zero-order valence-electron chi connectivity index (χ0n) is 27.1. The Kier molecular flexibility index (Phi) is 11.7. The molecule has 0 saturated carbocycles. The quantitative estimate of drug-likeness (QED) is 0.101. The molecule has 1 saturated heterocycles. The SMILES string of the molecule is C=CCOc1ccc2ccc(COC3CN(C(=O)OC(C)(C)C)CCC3c3ccc(OCCCOCc4ccsc4)cc3)cc2c1. The number of ether oxygens (including phenoxy) is 5. The van der Waals surface area contributed by atoms with Gasteiger partial charge in [0, 0.05) is 18.9 Å². The number of hydrogen-bond acceptors (Lipinski definition) is 7. The zero-order chi connectivity index (χ0) is 32.4. The van der Waals surface area contributed by atoms with Crippen LogP contribution < -0.4 is 9.47 Å². The van der Waals surface area contributed by atoms with E-state index in [0.29, 0.717) is 46.1 Å². The number of carbonyl (C=O) groups excluding carboxylic acids is 1. The number of thiophene rings is 1. The molecule has 0 spiro atoms. The Morgan fingerprint density at radius 3 is 2.50 bits per heavy atom. The van der Waals surface area contributed by atoms with Crippen LogP contribution in [0.25, 0.3) is 10.8 Å². The normalized spacial score (nSPS) is 16.7. The number of fused-ring (bicyclic) bond motifs is 1. The van der Waals surface area contributed by atoms with Crippen molar-refractivity contribution in [1.82, 2.24) is 4.90 Å². The van der Waals surface area contributed by atoms with Gasteiger partial charge in [0.05, 0.1) is 39.1 Å². The smallest absolute Gasteiger partial charge is 0.410 e. The van der Waals surface area contributed by atoms with Crippen molar-refractivity contribution in [1.29, 1.82) is 0 Å².